The van der Waals surface area contributed by atoms with E-state index in [4.69, 9.17) is 4.99 Å². The molecule has 1 aromatic rings. The highest BCUT2D eigenvalue weighted by Gasteiger charge is 2.07. The minimum absolute atomic E-state index is 0.660. The van der Waals surface area contributed by atoms with E-state index in [1.165, 1.54) is 25.7 Å². The van der Waals surface area contributed by atoms with Gasteiger partial charge in [0, 0.05) is 32.6 Å². The van der Waals surface area contributed by atoms with Crippen LogP contribution in [0.15, 0.2) is 23.5 Å². The highest BCUT2D eigenvalue weighted by atomic mass is 15.3. The van der Waals surface area contributed by atoms with Gasteiger partial charge in [-0.2, -0.15) is 0 Å². The molecule has 1 heterocycles. The van der Waals surface area contributed by atoms with E-state index in [2.05, 4.69) is 52.7 Å². The van der Waals surface area contributed by atoms with Crippen molar-refractivity contribution in [1.29, 1.82) is 0 Å². The number of nitrogens with one attached hydrogen (secondary N) is 2. The Morgan fingerprint density at radius 3 is 2.76 bits per heavy atom. The predicted octanol–water partition coefficient (Wildman–Crippen LogP) is 3.17. The summed E-state index contributed by atoms with van der Waals surface area (Å²) in [5.41, 5.74) is 1.10. The molecule has 0 fully saturated rings. The van der Waals surface area contributed by atoms with Crippen molar-refractivity contribution in [1.82, 2.24) is 25.4 Å². The molecule has 0 aliphatic carbocycles. The zero-order valence-electron chi connectivity index (χ0n) is 16.5. The van der Waals surface area contributed by atoms with Crippen LogP contribution >= 0.6 is 0 Å². The molecule has 1 rings (SSSR count). The highest BCUT2D eigenvalue weighted by Crippen LogP contribution is 2.12. The van der Waals surface area contributed by atoms with Gasteiger partial charge in [0.2, 0.25) is 0 Å². The van der Waals surface area contributed by atoms with Gasteiger partial charge in [0.25, 0.3) is 0 Å². The zero-order chi connectivity index (χ0) is 18.5. The number of aryl methyl sites for hydroxylation is 1. The molecule has 1 aromatic heterocycles. The summed E-state index contributed by atoms with van der Waals surface area (Å²) in [6.07, 6.45) is 7.64. The third-order valence-corrected chi connectivity index (χ3v) is 4.27. The van der Waals surface area contributed by atoms with Crippen LogP contribution < -0.4 is 10.6 Å². The monoisotopic (exact) mass is 348 g/mol. The Morgan fingerprint density at radius 1 is 1.32 bits per heavy atom. The summed E-state index contributed by atoms with van der Waals surface area (Å²) in [6.45, 7) is 15.8. The molecule has 1 unspecified atom stereocenters. The molecule has 0 amide bonds. The van der Waals surface area contributed by atoms with Gasteiger partial charge < -0.3 is 15.2 Å². The molecule has 142 valence electrons. The van der Waals surface area contributed by atoms with E-state index >= 15 is 0 Å². The first kappa shape index (κ1) is 21.2. The van der Waals surface area contributed by atoms with Gasteiger partial charge in [-0.15, -0.1) is 10.2 Å². The normalized spacial score (nSPS) is 12.9. The smallest absolute Gasteiger partial charge is 0.191 e. The fraction of sp³-hybridized carbons (Fsp3) is 0.737. The molecule has 1 atom stereocenters. The standard InChI is InChI=1S/C19H36N6/c1-6-9-10-17(7-2)14-22-19(21-13-16(4)5)20-11-12-25-15-23-24-18(25)8-3/h15,17H,4,6-14H2,1-3,5H3,(H2,20,21,22). The number of rotatable bonds is 12. The summed E-state index contributed by atoms with van der Waals surface area (Å²) in [4.78, 5) is 4.79. The molecule has 0 saturated heterocycles. The van der Waals surface area contributed by atoms with E-state index in [0.717, 1.165) is 50.0 Å². The van der Waals surface area contributed by atoms with Crippen LogP contribution in [0.2, 0.25) is 0 Å². The van der Waals surface area contributed by atoms with Crippen LogP contribution in [-0.2, 0) is 13.0 Å². The summed E-state index contributed by atoms with van der Waals surface area (Å²) in [6, 6.07) is 0. The van der Waals surface area contributed by atoms with Crippen LogP contribution in [0.5, 0.6) is 0 Å². The van der Waals surface area contributed by atoms with Gasteiger partial charge in [-0.3, -0.25) is 4.99 Å². The van der Waals surface area contributed by atoms with Crippen molar-refractivity contribution in [3.05, 3.63) is 24.3 Å². The van der Waals surface area contributed by atoms with E-state index in [1.54, 1.807) is 6.33 Å². The quantitative estimate of drug-likeness (QED) is 0.346. The maximum Gasteiger partial charge on any atom is 0.191 e. The molecule has 0 aliphatic rings. The lowest BCUT2D eigenvalue weighted by Crippen LogP contribution is -2.40. The molecular formula is C19H36N6. The maximum absolute atomic E-state index is 4.79. The minimum atomic E-state index is 0.660. The van der Waals surface area contributed by atoms with Crippen molar-refractivity contribution in [3.8, 4) is 0 Å². The summed E-state index contributed by atoms with van der Waals surface area (Å²) >= 11 is 0. The summed E-state index contributed by atoms with van der Waals surface area (Å²) in [5.74, 6) is 2.54. The Morgan fingerprint density at radius 2 is 2.12 bits per heavy atom. The second-order valence-electron chi connectivity index (χ2n) is 6.64. The number of guanidine groups is 1. The third-order valence-electron chi connectivity index (χ3n) is 4.27. The number of hydrogen-bond donors (Lipinski definition) is 2. The number of aromatic nitrogens is 3. The second-order valence-corrected chi connectivity index (χ2v) is 6.64. The van der Waals surface area contributed by atoms with Crippen LogP contribution in [0.3, 0.4) is 0 Å². The van der Waals surface area contributed by atoms with E-state index in [0.29, 0.717) is 5.92 Å². The molecule has 0 aromatic carbocycles. The molecule has 0 bridgehead atoms. The van der Waals surface area contributed by atoms with Crippen LogP contribution in [0.25, 0.3) is 0 Å². The molecule has 2 N–H and O–H groups in total. The first-order valence-corrected chi connectivity index (χ1v) is 9.63. The van der Waals surface area contributed by atoms with Gasteiger partial charge in [-0.25, -0.2) is 0 Å². The molecule has 6 heteroatoms. The van der Waals surface area contributed by atoms with E-state index in [1.807, 2.05) is 6.92 Å². The second kappa shape index (κ2) is 12.5. The van der Waals surface area contributed by atoms with Gasteiger partial charge in [0.15, 0.2) is 5.96 Å². The summed E-state index contributed by atoms with van der Waals surface area (Å²) < 4.78 is 2.08. The molecule has 0 saturated carbocycles. The van der Waals surface area contributed by atoms with Crippen molar-refractivity contribution < 1.29 is 0 Å². The molecule has 0 aliphatic heterocycles. The lowest BCUT2D eigenvalue weighted by molar-refractivity contribution is 0.461. The molecule has 0 spiro atoms. The Labute approximate surface area is 153 Å². The SMILES string of the molecule is C=C(C)CNC(=NCC(CC)CCCC)NCCn1cnnc1CC. The predicted molar refractivity (Wildman–Crippen MR) is 106 cm³/mol. The molecular weight excluding hydrogens is 312 g/mol. The lowest BCUT2D eigenvalue weighted by Gasteiger charge is -2.16. The number of nitrogens with zero attached hydrogens (tertiary/aromatic N) is 4. The van der Waals surface area contributed by atoms with E-state index in [9.17, 15) is 0 Å². The van der Waals surface area contributed by atoms with E-state index < -0.39 is 0 Å². The van der Waals surface area contributed by atoms with Crippen molar-refractivity contribution in [2.75, 3.05) is 19.6 Å². The van der Waals surface area contributed by atoms with Gasteiger partial charge in [0.1, 0.15) is 12.2 Å². The Hall–Kier alpha value is -1.85. The minimum Gasteiger partial charge on any atom is -0.355 e. The fourth-order valence-corrected chi connectivity index (χ4v) is 2.58. The topological polar surface area (TPSA) is 67.1 Å². The number of unbranched alkanes of at least 4 members (excludes halogenated alkanes) is 1. The van der Waals surface area contributed by atoms with Gasteiger partial charge >= 0.3 is 0 Å². The van der Waals surface area contributed by atoms with Crippen molar-refractivity contribution in [2.24, 2.45) is 10.9 Å². The first-order valence-electron chi connectivity index (χ1n) is 9.63. The average molecular weight is 349 g/mol. The van der Waals surface area contributed by atoms with Crippen molar-refractivity contribution in [3.63, 3.8) is 0 Å². The van der Waals surface area contributed by atoms with Gasteiger partial charge in [-0.1, -0.05) is 52.2 Å². The van der Waals surface area contributed by atoms with Crippen LogP contribution in [0.1, 0.15) is 59.2 Å². The largest absolute Gasteiger partial charge is 0.355 e. The van der Waals surface area contributed by atoms with Crippen LogP contribution in [0.4, 0.5) is 0 Å². The lowest BCUT2D eigenvalue weighted by atomic mass is 10.00. The van der Waals surface area contributed by atoms with E-state index in [-0.39, 0.29) is 0 Å². The molecule has 6 nitrogen and oxygen atoms in total. The third kappa shape index (κ3) is 8.70. The fourth-order valence-electron chi connectivity index (χ4n) is 2.58. The molecule has 0 radical (unpaired) electrons. The first-order chi connectivity index (χ1) is 12.1. The van der Waals surface area contributed by atoms with Crippen LogP contribution in [0, 0.1) is 5.92 Å². The number of hydrogen-bond acceptors (Lipinski definition) is 3. The van der Waals surface area contributed by atoms with Crippen molar-refractivity contribution >= 4 is 5.96 Å². The van der Waals surface area contributed by atoms with Gasteiger partial charge in [-0.05, 0) is 19.3 Å². The Bertz CT molecular complexity index is 520. The maximum atomic E-state index is 4.79. The molecule has 25 heavy (non-hydrogen) atoms. The van der Waals surface area contributed by atoms with Crippen molar-refractivity contribution in [2.45, 2.75) is 66.3 Å². The van der Waals surface area contributed by atoms with Gasteiger partial charge in [0.05, 0.1) is 0 Å². The van der Waals surface area contributed by atoms with Crippen LogP contribution in [-0.4, -0.2) is 40.4 Å². The number of aliphatic imine (C=N–C) groups is 1. The Kier molecular flexibility index (Phi) is 10.6. The highest BCUT2D eigenvalue weighted by molar-refractivity contribution is 5.80. The zero-order valence-corrected chi connectivity index (χ0v) is 16.5. The Balaban J connectivity index is 2.55. The average Bonchev–Trinajstić information content (AvgIpc) is 3.06. The summed E-state index contributed by atoms with van der Waals surface area (Å²) in [7, 11) is 0. The summed E-state index contributed by atoms with van der Waals surface area (Å²) in [5, 5.41) is 14.9.